The molecule has 0 unspecified atom stereocenters. The fraction of sp³-hybridized carbons (Fsp3) is 0. The van der Waals surface area contributed by atoms with Gasteiger partial charge in [0.25, 0.3) is 11.6 Å². The van der Waals surface area contributed by atoms with E-state index in [1.807, 2.05) is 0 Å². The molecular formula is C20H13F2N3O4. The van der Waals surface area contributed by atoms with Gasteiger partial charge in [-0.15, -0.1) is 0 Å². The van der Waals surface area contributed by atoms with E-state index in [1.165, 1.54) is 54.7 Å². The topological polar surface area (TPSA) is 105 Å². The Kier molecular flexibility index (Phi) is 5.59. The molecule has 0 aromatic heterocycles. The van der Waals surface area contributed by atoms with Crippen molar-refractivity contribution in [3.63, 3.8) is 0 Å². The Labute approximate surface area is 163 Å². The van der Waals surface area contributed by atoms with Crippen molar-refractivity contribution in [3.8, 4) is 16.9 Å². The van der Waals surface area contributed by atoms with Crippen molar-refractivity contribution in [1.29, 1.82) is 0 Å². The van der Waals surface area contributed by atoms with Gasteiger partial charge in [0.05, 0.1) is 16.7 Å². The second kappa shape index (κ2) is 8.26. The van der Waals surface area contributed by atoms with Crippen LogP contribution >= 0.6 is 0 Å². The molecule has 9 heteroatoms. The van der Waals surface area contributed by atoms with Crippen molar-refractivity contribution in [3.05, 3.63) is 93.5 Å². The zero-order chi connectivity index (χ0) is 21.0. The summed E-state index contributed by atoms with van der Waals surface area (Å²) >= 11 is 0. The highest BCUT2D eigenvalue weighted by Crippen LogP contribution is 2.28. The van der Waals surface area contributed by atoms with Crippen LogP contribution < -0.4 is 5.43 Å². The molecule has 3 aromatic carbocycles. The summed E-state index contributed by atoms with van der Waals surface area (Å²) in [6.07, 6.45) is 1.27. The average molecular weight is 397 g/mol. The second-order valence-electron chi connectivity index (χ2n) is 5.90. The van der Waals surface area contributed by atoms with Crippen LogP contribution in [0.15, 0.2) is 65.8 Å². The molecule has 3 rings (SSSR count). The molecule has 0 atom stereocenters. The molecular weight excluding hydrogens is 384 g/mol. The number of hydrogen-bond acceptors (Lipinski definition) is 5. The summed E-state index contributed by atoms with van der Waals surface area (Å²) in [7, 11) is 0. The van der Waals surface area contributed by atoms with Gasteiger partial charge in [-0.1, -0.05) is 6.07 Å². The number of halogens is 2. The van der Waals surface area contributed by atoms with Gasteiger partial charge in [0.2, 0.25) is 0 Å². The number of nitro benzene ring substituents is 1. The molecule has 146 valence electrons. The maximum Gasteiger partial charge on any atom is 0.275 e. The molecule has 0 heterocycles. The molecule has 0 spiro atoms. The largest absolute Gasteiger partial charge is 0.507 e. The van der Waals surface area contributed by atoms with Gasteiger partial charge in [-0.2, -0.15) is 5.10 Å². The van der Waals surface area contributed by atoms with Gasteiger partial charge in [0.15, 0.2) is 0 Å². The maximum absolute atomic E-state index is 14.0. The number of rotatable bonds is 5. The Morgan fingerprint density at radius 3 is 2.45 bits per heavy atom. The Balaban J connectivity index is 1.77. The fourth-order valence-electron chi connectivity index (χ4n) is 2.52. The molecule has 2 N–H and O–H groups in total. The van der Waals surface area contributed by atoms with E-state index >= 15 is 0 Å². The van der Waals surface area contributed by atoms with Crippen molar-refractivity contribution < 1.29 is 23.6 Å². The quantitative estimate of drug-likeness (QED) is 0.386. The number of aromatic hydroxyl groups is 1. The highest BCUT2D eigenvalue weighted by atomic mass is 19.1. The molecule has 0 aliphatic heterocycles. The Bertz CT molecular complexity index is 1120. The van der Waals surface area contributed by atoms with Crippen LogP contribution in [0.1, 0.15) is 15.9 Å². The number of benzene rings is 3. The van der Waals surface area contributed by atoms with Crippen LogP contribution in [0, 0.1) is 21.7 Å². The van der Waals surface area contributed by atoms with Gasteiger partial charge in [0.1, 0.15) is 17.4 Å². The van der Waals surface area contributed by atoms with Crippen LogP contribution in [-0.4, -0.2) is 22.2 Å². The Morgan fingerprint density at radius 1 is 1.07 bits per heavy atom. The third-order valence-corrected chi connectivity index (χ3v) is 3.97. The summed E-state index contributed by atoms with van der Waals surface area (Å²) in [5.74, 6) is -2.65. The van der Waals surface area contributed by atoms with E-state index in [-0.39, 0.29) is 28.1 Å². The smallest absolute Gasteiger partial charge is 0.275 e. The number of nitrogens with zero attached hydrogens (tertiary/aromatic N) is 2. The molecule has 0 radical (unpaired) electrons. The summed E-state index contributed by atoms with van der Waals surface area (Å²) < 4.78 is 27.1. The van der Waals surface area contributed by atoms with Crippen LogP contribution in [0.2, 0.25) is 0 Å². The summed E-state index contributed by atoms with van der Waals surface area (Å²) in [4.78, 5) is 22.4. The van der Waals surface area contributed by atoms with Crippen LogP contribution in [0.5, 0.6) is 5.75 Å². The van der Waals surface area contributed by atoms with Crippen molar-refractivity contribution in [2.75, 3.05) is 0 Å². The van der Waals surface area contributed by atoms with Crippen LogP contribution in [0.3, 0.4) is 0 Å². The third-order valence-electron chi connectivity index (χ3n) is 3.97. The van der Waals surface area contributed by atoms with E-state index in [1.54, 1.807) is 0 Å². The van der Waals surface area contributed by atoms with E-state index in [0.717, 1.165) is 12.1 Å². The standard InChI is InChI=1S/C20H13F2N3O4/c21-14-4-7-16(18(22)10-14)13-3-8-19(26)17(9-13)20(27)24-23-11-12-1-5-15(6-2-12)25(28)29/h1-11,26H,(H,24,27)/b23-11+. The molecule has 0 saturated carbocycles. The average Bonchev–Trinajstić information content (AvgIpc) is 2.69. The summed E-state index contributed by atoms with van der Waals surface area (Å²) in [5, 5.41) is 24.3. The SMILES string of the molecule is O=C(N/N=C/c1ccc([N+](=O)[O-])cc1)c1cc(-c2ccc(F)cc2F)ccc1O. The molecule has 0 fully saturated rings. The van der Waals surface area contributed by atoms with Crippen molar-refractivity contribution in [2.45, 2.75) is 0 Å². The summed E-state index contributed by atoms with van der Waals surface area (Å²) in [5.41, 5.74) is 2.80. The van der Waals surface area contributed by atoms with Crippen molar-refractivity contribution >= 4 is 17.8 Å². The van der Waals surface area contributed by atoms with Gasteiger partial charge in [-0.05, 0) is 47.5 Å². The van der Waals surface area contributed by atoms with E-state index in [9.17, 15) is 28.8 Å². The first kappa shape index (κ1) is 19.6. The number of nitro groups is 1. The highest BCUT2D eigenvalue weighted by Gasteiger charge is 2.14. The van der Waals surface area contributed by atoms with Crippen molar-refractivity contribution in [1.82, 2.24) is 5.43 Å². The minimum atomic E-state index is -0.807. The van der Waals surface area contributed by atoms with Gasteiger partial charge in [-0.3, -0.25) is 14.9 Å². The molecule has 0 saturated heterocycles. The summed E-state index contributed by atoms with van der Waals surface area (Å²) in [6, 6.07) is 12.4. The van der Waals surface area contributed by atoms with Gasteiger partial charge >= 0.3 is 0 Å². The Hall–Kier alpha value is -4.14. The first-order chi connectivity index (χ1) is 13.8. The van der Waals surface area contributed by atoms with Gasteiger partial charge in [0, 0.05) is 23.8 Å². The first-order valence-corrected chi connectivity index (χ1v) is 8.21. The van der Waals surface area contributed by atoms with Crippen LogP contribution in [0.25, 0.3) is 11.1 Å². The predicted molar refractivity (Wildman–Crippen MR) is 102 cm³/mol. The number of phenols is 1. The lowest BCUT2D eigenvalue weighted by Gasteiger charge is -2.08. The molecule has 1 amide bonds. The fourth-order valence-corrected chi connectivity index (χ4v) is 2.52. The first-order valence-electron chi connectivity index (χ1n) is 8.21. The number of hydrogen-bond donors (Lipinski definition) is 2. The van der Waals surface area contributed by atoms with Gasteiger partial charge in [-0.25, -0.2) is 14.2 Å². The van der Waals surface area contributed by atoms with Gasteiger partial charge < -0.3 is 5.11 Å². The molecule has 0 aliphatic rings. The number of non-ortho nitro benzene ring substituents is 1. The minimum Gasteiger partial charge on any atom is -0.507 e. The van der Waals surface area contributed by atoms with E-state index in [0.29, 0.717) is 5.56 Å². The zero-order valence-corrected chi connectivity index (χ0v) is 14.7. The normalized spacial score (nSPS) is 10.8. The van der Waals surface area contributed by atoms with E-state index < -0.39 is 22.5 Å². The molecule has 3 aromatic rings. The van der Waals surface area contributed by atoms with E-state index in [2.05, 4.69) is 10.5 Å². The monoisotopic (exact) mass is 397 g/mol. The molecule has 7 nitrogen and oxygen atoms in total. The van der Waals surface area contributed by atoms with E-state index in [4.69, 9.17) is 0 Å². The lowest BCUT2D eigenvalue weighted by atomic mass is 10.0. The molecule has 0 bridgehead atoms. The van der Waals surface area contributed by atoms with Crippen molar-refractivity contribution in [2.24, 2.45) is 5.10 Å². The Morgan fingerprint density at radius 2 is 1.79 bits per heavy atom. The number of carbonyl (C=O) groups is 1. The third kappa shape index (κ3) is 4.59. The number of amides is 1. The number of carbonyl (C=O) groups excluding carboxylic acids is 1. The highest BCUT2D eigenvalue weighted by molar-refractivity contribution is 5.98. The van der Waals surface area contributed by atoms with Crippen LogP contribution in [0.4, 0.5) is 14.5 Å². The number of hydrazone groups is 1. The molecule has 0 aliphatic carbocycles. The minimum absolute atomic E-state index is 0.0647. The number of phenolic OH excluding ortho intramolecular Hbond substituents is 1. The number of nitrogens with one attached hydrogen (secondary N) is 1. The lowest BCUT2D eigenvalue weighted by molar-refractivity contribution is -0.384. The molecule has 29 heavy (non-hydrogen) atoms. The summed E-state index contributed by atoms with van der Waals surface area (Å²) in [6.45, 7) is 0. The predicted octanol–water partition coefficient (Wildman–Crippen LogP) is 4.01. The van der Waals surface area contributed by atoms with Crippen LogP contribution in [-0.2, 0) is 0 Å². The second-order valence-corrected chi connectivity index (χ2v) is 5.90. The lowest BCUT2D eigenvalue weighted by Crippen LogP contribution is -2.17. The maximum atomic E-state index is 14.0. The zero-order valence-electron chi connectivity index (χ0n) is 14.7.